The molecule has 1 saturated heterocycles. The van der Waals surface area contributed by atoms with Crippen LogP contribution < -0.4 is 20.3 Å². The third-order valence-corrected chi connectivity index (χ3v) is 7.05. The van der Waals surface area contributed by atoms with E-state index in [4.69, 9.17) is 4.74 Å². The zero-order valence-corrected chi connectivity index (χ0v) is 21.1. The van der Waals surface area contributed by atoms with E-state index in [2.05, 4.69) is 55.9 Å². The minimum atomic E-state index is -0.299. The van der Waals surface area contributed by atoms with Gasteiger partial charge in [-0.3, -0.25) is 9.58 Å². The van der Waals surface area contributed by atoms with Crippen molar-refractivity contribution in [2.24, 2.45) is 7.05 Å². The molecule has 0 radical (unpaired) electrons. The number of ether oxygens (including phenoxy) is 1. The summed E-state index contributed by atoms with van der Waals surface area (Å²) in [6, 6.07) is 11.8. The Labute approximate surface area is 212 Å². The fourth-order valence-electron chi connectivity index (χ4n) is 5.06. The quantitative estimate of drug-likeness (QED) is 0.485. The van der Waals surface area contributed by atoms with Gasteiger partial charge in [0.25, 0.3) is 0 Å². The van der Waals surface area contributed by atoms with Gasteiger partial charge < -0.3 is 20.3 Å². The Bertz CT molecular complexity index is 1140. The lowest BCUT2D eigenvalue weighted by atomic mass is 10.2. The maximum atomic E-state index is 12.5. The first-order valence-corrected chi connectivity index (χ1v) is 12.8. The van der Waals surface area contributed by atoms with Gasteiger partial charge in [-0.25, -0.2) is 9.78 Å². The van der Waals surface area contributed by atoms with Crippen LogP contribution in [0.15, 0.2) is 55.0 Å². The van der Waals surface area contributed by atoms with Crippen LogP contribution in [0.3, 0.4) is 0 Å². The van der Waals surface area contributed by atoms with Crippen LogP contribution in [0.4, 0.5) is 21.9 Å². The average Bonchev–Trinajstić information content (AvgIpc) is 3.64. The minimum Gasteiger partial charge on any atom is -0.474 e. The van der Waals surface area contributed by atoms with Gasteiger partial charge in [0.2, 0.25) is 5.88 Å². The second-order valence-corrected chi connectivity index (χ2v) is 9.86. The molecule has 9 heteroatoms. The molecule has 0 bridgehead atoms. The molecule has 3 aromatic rings. The summed E-state index contributed by atoms with van der Waals surface area (Å²) in [6.45, 7) is 2.90. The van der Waals surface area contributed by atoms with Gasteiger partial charge in [0.15, 0.2) is 0 Å². The number of hydrogen-bond acceptors (Lipinski definition) is 6. The zero-order chi connectivity index (χ0) is 24.9. The van der Waals surface area contributed by atoms with Crippen LogP contribution in [0.2, 0.25) is 0 Å². The van der Waals surface area contributed by atoms with Crippen LogP contribution in [0.1, 0.15) is 37.7 Å². The molecule has 3 heterocycles. The van der Waals surface area contributed by atoms with Crippen LogP contribution in [-0.4, -0.2) is 58.0 Å². The topological polar surface area (TPSA) is 87.6 Å². The van der Waals surface area contributed by atoms with Crippen molar-refractivity contribution in [3.63, 3.8) is 0 Å². The molecule has 2 amide bonds. The highest BCUT2D eigenvalue weighted by Gasteiger charge is 2.26. The van der Waals surface area contributed by atoms with Crippen molar-refractivity contribution in [2.45, 2.75) is 50.8 Å². The summed E-state index contributed by atoms with van der Waals surface area (Å²) in [6.07, 6.45) is 11.6. The Morgan fingerprint density at radius 2 is 1.81 bits per heavy atom. The molecular weight excluding hydrogens is 454 g/mol. The van der Waals surface area contributed by atoms with Crippen LogP contribution in [0.25, 0.3) is 0 Å². The van der Waals surface area contributed by atoms with E-state index < -0.39 is 0 Å². The fourth-order valence-corrected chi connectivity index (χ4v) is 5.06. The predicted molar refractivity (Wildman–Crippen MR) is 141 cm³/mol. The molecule has 0 spiro atoms. The van der Waals surface area contributed by atoms with Gasteiger partial charge in [-0.2, -0.15) is 5.10 Å². The second-order valence-electron chi connectivity index (χ2n) is 9.86. The monoisotopic (exact) mass is 489 g/mol. The van der Waals surface area contributed by atoms with E-state index in [0.717, 1.165) is 44.6 Å². The molecule has 5 rings (SSSR count). The molecule has 2 fully saturated rings. The molecule has 1 aromatic carbocycles. The summed E-state index contributed by atoms with van der Waals surface area (Å²) in [5.74, 6) is 0.607. The molecule has 1 aliphatic carbocycles. The van der Waals surface area contributed by atoms with Crippen molar-refractivity contribution >= 4 is 23.1 Å². The Balaban J connectivity index is 1.08. The smallest absolute Gasteiger partial charge is 0.323 e. The van der Waals surface area contributed by atoms with Gasteiger partial charge in [-0.05, 0) is 69.5 Å². The third kappa shape index (κ3) is 6.15. The molecule has 1 atom stereocenters. The van der Waals surface area contributed by atoms with E-state index in [0.29, 0.717) is 17.6 Å². The van der Waals surface area contributed by atoms with Crippen molar-refractivity contribution < 1.29 is 9.53 Å². The van der Waals surface area contributed by atoms with E-state index in [1.807, 2.05) is 36.1 Å². The molecular formula is C27H35N7O2. The lowest BCUT2D eigenvalue weighted by molar-refractivity contribution is 0.201. The van der Waals surface area contributed by atoms with Crippen LogP contribution in [0, 0.1) is 0 Å². The highest BCUT2D eigenvalue weighted by Crippen LogP contribution is 2.26. The summed E-state index contributed by atoms with van der Waals surface area (Å²) in [5.41, 5.74) is 3.77. The standard InChI is InChI=1S/C27H35N7O2/c1-32(17-20-15-29-33(2)18-20)24-13-14-34(19-24)23-10-7-21(8-11-23)30-27(35)31-22-9-12-26(28-16-22)36-25-5-3-4-6-25/h7-12,15-16,18,24-25H,3-6,13-14,17,19H2,1-2H3,(H2,30,31,35). The SMILES string of the molecule is CN(Cc1cnn(C)c1)C1CCN(c2ccc(NC(=O)Nc3ccc(OC4CCCC4)nc3)cc2)C1. The molecule has 2 aliphatic rings. The van der Waals surface area contributed by atoms with Gasteiger partial charge >= 0.3 is 6.03 Å². The number of likely N-dealkylation sites (N-methyl/N-ethyl adjacent to an activating group) is 1. The van der Waals surface area contributed by atoms with Crippen molar-refractivity contribution in [2.75, 3.05) is 35.7 Å². The molecule has 190 valence electrons. The van der Waals surface area contributed by atoms with Crippen LogP contribution in [-0.2, 0) is 13.6 Å². The normalized spacial score (nSPS) is 18.1. The van der Waals surface area contributed by atoms with Gasteiger partial charge in [-0.15, -0.1) is 0 Å². The van der Waals surface area contributed by atoms with E-state index in [-0.39, 0.29) is 12.1 Å². The number of carbonyl (C=O) groups is 1. The van der Waals surface area contributed by atoms with E-state index >= 15 is 0 Å². The highest BCUT2D eigenvalue weighted by molar-refractivity contribution is 5.99. The molecule has 36 heavy (non-hydrogen) atoms. The minimum absolute atomic E-state index is 0.266. The average molecular weight is 490 g/mol. The number of urea groups is 1. The number of hydrogen-bond donors (Lipinski definition) is 2. The van der Waals surface area contributed by atoms with Crippen molar-refractivity contribution in [3.05, 3.63) is 60.6 Å². The summed E-state index contributed by atoms with van der Waals surface area (Å²) in [4.78, 5) is 21.6. The number of carbonyl (C=O) groups excluding carboxylic acids is 1. The number of pyridine rings is 1. The first kappa shape index (κ1) is 24.1. The lowest BCUT2D eigenvalue weighted by Crippen LogP contribution is -2.34. The van der Waals surface area contributed by atoms with Crippen LogP contribution in [0.5, 0.6) is 5.88 Å². The van der Waals surface area contributed by atoms with E-state index in [9.17, 15) is 4.79 Å². The molecule has 1 saturated carbocycles. The number of nitrogens with zero attached hydrogens (tertiary/aromatic N) is 5. The van der Waals surface area contributed by atoms with Gasteiger partial charge in [0.1, 0.15) is 6.10 Å². The number of rotatable bonds is 8. The molecule has 2 aromatic heterocycles. The van der Waals surface area contributed by atoms with Crippen molar-refractivity contribution in [3.8, 4) is 5.88 Å². The van der Waals surface area contributed by atoms with Crippen molar-refractivity contribution in [1.29, 1.82) is 0 Å². The molecule has 9 nitrogen and oxygen atoms in total. The maximum absolute atomic E-state index is 12.5. The number of aromatic nitrogens is 3. The summed E-state index contributed by atoms with van der Waals surface area (Å²) < 4.78 is 7.73. The molecule has 1 unspecified atom stereocenters. The van der Waals surface area contributed by atoms with E-state index in [1.165, 1.54) is 24.1 Å². The Morgan fingerprint density at radius 1 is 1.06 bits per heavy atom. The summed E-state index contributed by atoms with van der Waals surface area (Å²) in [7, 11) is 4.13. The van der Waals surface area contributed by atoms with Gasteiger partial charge in [0.05, 0.1) is 18.1 Å². The number of nitrogens with one attached hydrogen (secondary N) is 2. The Kier molecular flexibility index (Phi) is 7.36. The summed E-state index contributed by atoms with van der Waals surface area (Å²) >= 11 is 0. The van der Waals surface area contributed by atoms with Gasteiger partial charge in [0, 0.05) is 61.9 Å². The Morgan fingerprint density at radius 3 is 2.50 bits per heavy atom. The highest BCUT2D eigenvalue weighted by atomic mass is 16.5. The van der Waals surface area contributed by atoms with Gasteiger partial charge in [-0.1, -0.05) is 0 Å². The molecule has 2 N–H and O–H groups in total. The largest absolute Gasteiger partial charge is 0.474 e. The number of anilines is 3. The fraction of sp³-hybridized carbons (Fsp3) is 0.444. The zero-order valence-electron chi connectivity index (χ0n) is 21.1. The van der Waals surface area contributed by atoms with E-state index in [1.54, 1.807) is 12.3 Å². The number of amides is 2. The number of benzene rings is 1. The third-order valence-electron chi connectivity index (χ3n) is 7.05. The lowest BCUT2D eigenvalue weighted by Gasteiger charge is -2.25. The molecule has 1 aliphatic heterocycles. The summed E-state index contributed by atoms with van der Waals surface area (Å²) in [5, 5.41) is 9.99. The first-order valence-electron chi connectivity index (χ1n) is 12.8. The second kappa shape index (κ2) is 11.0. The number of aryl methyl sites for hydroxylation is 1. The van der Waals surface area contributed by atoms with Crippen LogP contribution >= 0.6 is 0 Å². The first-order chi connectivity index (χ1) is 17.5. The predicted octanol–water partition coefficient (Wildman–Crippen LogP) is 4.49. The van der Waals surface area contributed by atoms with Crippen molar-refractivity contribution in [1.82, 2.24) is 19.7 Å². The Hall–Kier alpha value is -3.59. The maximum Gasteiger partial charge on any atom is 0.323 e.